The number of allylic oxidation sites excluding steroid dienone is 8. The van der Waals surface area contributed by atoms with E-state index in [0.29, 0.717) is 28.7 Å². The number of hydrogen-bond donors (Lipinski definition) is 0. The van der Waals surface area contributed by atoms with Gasteiger partial charge in [0, 0.05) is 22.3 Å². The Balaban J connectivity index is 2.43. The van der Waals surface area contributed by atoms with Gasteiger partial charge in [0.1, 0.15) is 0 Å². The molecule has 1 aliphatic rings. The van der Waals surface area contributed by atoms with Gasteiger partial charge in [-0.05, 0) is 64.2 Å². The van der Waals surface area contributed by atoms with Crippen molar-refractivity contribution in [3.05, 3.63) is 46.1 Å². The number of hydrogen-bond acceptors (Lipinski definition) is 2. The second kappa shape index (κ2) is 16.1. The third kappa shape index (κ3) is 10.7. The molecule has 1 aliphatic carbocycles. The van der Waals surface area contributed by atoms with E-state index in [1.807, 2.05) is 19.1 Å². The maximum atomic E-state index is 13.0. The van der Waals surface area contributed by atoms with Crippen molar-refractivity contribution in [1.82, 2.24) is 0 Å². The molecule has 0 radical (unpaired) electrons. The Hall–Kier alpha value is -1.70. The molecule has 192 valence electrons. The van der Waals surface area contributed by atoms with Crippen molar-refractivity contribution >= 4 is 11.6 Å². The molecule has 2 unspecified atom stereocenters. The lowest BCUT2D eigenvalue weighted by Crippen LogP contribution is -2.21. The molecule has 0 fully saturated rings. The Kier molecular flexibility index (Phi) is 14.3. The second-order valence-electron chi connectivity index (χ2n) is 11.2. The van der Waals surface area contributed by atoms with Crippen LogP contribution in [-0.2, 0) is 9.59 Å². The molecule has 0 saturated carbocycles. The van der Waals surface area contributed by atoms with Gasteiger partial charge in [0.15, 0.2) is 11.6 Å². The lowest BCUT2D eigenvalue weighted by molar-refractivity contribution is -0.116. The summed E-state index contributed by atoms with van der Waals surface area (Å²) < 4.78 is 0. The van der Waals surface area contributed by atoms with Crippen LogP contribution in [0.5, 0.6) is 0 Å². The molecule has 0 aromatic carbocycles. The Morgan fingerprint density at radius 2 is 1.35 bits per heavy atom. The first-order chi connectivity index (χ1) is 16.1. The first kappa shape index (κ1) is 30.3. The summed E-state index contributed by atoms with van der Waals surface area (Å²) in [5, 5.41) is 0. The van der Waals surface area contributed by atoms with Crippen LogP contribution in [0.4, 0.5) is 0 Å². The van der Waals surface area contributed by atoms with Crippen molar-refractivity contribution in [3.8, 4) is 0 Å². The predicted octanol–water partition coefficient (Wildman–Crippen LogP) is 9.51. The van der Waals surface area contributed by atoms with Gasteiger partial charge in [-0.15, -0.1) is 0 Å². The van der Waals surface area contributed by atoms with E-state index < -0.39 is 0 Å². The van der Waals surface area contributed by atoms with E-state index in [0.717, 1.165) is 30.6 Å². The molecule has 0 spiro atoms. The van der Waals surface area contributed by atoms with Crippen LogP contribution < -0.4 is 0 Å². The number of Topliss-reactive ketones (excluding diaryl/α,β-unsaturated/α-hetero) is 2. The van der Waals surface area contributed by atoms with E-state index in [1.165, 1.54) is 56.9 Å². The molecule has 2 atom stereocenters. The van der Waals surface area contributed by atoms with E-state index in [9.17, 15) is 9.59 Å². The topological polar surface area (TPSA) is 34.1 Å². The standard InChI is InChI=1S/C32H52O2/c1-9-10-20-29-27(7)31(33)28(8)30(32(29)34)22-21-26(6)19-13-18-25(5)17-12-16-24(4)15-11-14-23(2)3/h10,20-21,23-25H,9,11-19,22H2,1-8H3/b20-10-,26-21+. The SMILES string of the molecule is CC/C=C\C1=C(C)C(=O)C(C)=C(C/C=C(\C)CCCC(C)CCCC(C)CCCC(C)C)C1=O. The van der Waals surface area contributed by atoms with Crippen molar-refractivity contribution in [2.45, 2.75) is 126 Å². The Morgan fingerprint density at radius 1 is 0.794 bits per heavy atom. The molecular formula is C32H52O2. The van der Waals surface area contributed by atoms with Crippen molar-refractivity contribution in [1.29, 1.82) is 0 Å². The van der Waals surface area contributed by atoms with Gasteiger partial charge in [0.25, 0.3) is 0 Å². The molecule has 0 aromatic rings. The molecule has 2 nitrogen and oxygen atoms in total. The highest BCUT2D eigenvalue weighted by Gasteiger charge is 2.28. The molecule has 0 aliphatic heterocycles. The summed E-state index contributed by atoms with van der Waals surface area (Å²) >= 11 is 0. The molecule has 0 bridgehead atoms. The molecule has 0 heterocycles. The summed E-state index contributed by atoms with van der Waals surface area (Å²) in [5.74, 6) is 2.51. The molecular weight excluding hydrogens is 416 g/mol. The maximum Gasteiger partial charge on any atom is 0.190 e. The van der Waals surface area contributed by atoms with Crippen molar-refractivity contribution < 1.29 is 9.59 Å². The number of rotatable bonds is 16. The van der Waals surface area contributed by atoms with Crippen LogP contribution in [0.3, 0.4) is 0 Å². The second-order valence-corrected chi connectivity index (χ2v) is 11.2. The highest BCUT2D eigenvalue weighted by Crippen LogP contribution is 2.28. The van der Waals surface area contributed by atoms with E-state index in [4.69, 9.17) is 0 Å². The van der Waals surface area contributed by atoms with Crippen molar-refractivity contribution in [2.75, 3.05) is 0 Å². The van der Waals surface area contributed by atoms with Crippen LogP contribution in [-0.4, -0.2) is 11.6 Å². The van der Waals surface area contributed by atoms with Crippen LogP contribution in [0.15, 0.2) is 46.1 Å². The summed E-state index contributed by atoms with van der Waals surface area (Å²) in [5.41, 5.74) is 3.76. The minimum absolute atomic E-state index is 0.0134. The van der Waals surface area contributed by atoms with Gasteiger partial charge in [0.2, 0.25) is 0 Å². The minimum atomic E-state index is 0.0134. The Morgan fingerprint density at radius 3 is 1.91 bits per heavy atom. The number of carbonyl (C=O) groups excluding carboxylic acids is 2. The van der Waals surface area contributed by atoms with E-state index in [1.54, 1.807) is 13.8 Å². The summed E-state index contributed by atoms with van der Waals surface area (Å²) in [6.07, 6.45) is 19.1. The zero-order valence-electron chi connectivity index (χ0n) is 23.6. The normalized spacial score (nSPS) is 17.5. The fourth-order valence-electron chi connectivity index (χ4n) is 4.81. The summed E-state index contributed by atoms with van der Waals surface area (Å²) in [4.78, 5) is 25.6. The van der Waals surface area contributed by atoms with Crippen molar-refractivity contribution in [3.63, 3.8) is 0 Å². The van der Waals surface area contributed by atoms with Gasteiger partial charge in [-0.25, -0.2) is 0 Å². The molecule has 2 heteroatoms. The fraction of sp³-hybridized carbons (Fsp3) is 0.688. The lowest BCUT2D eigenvalue weighted by atomic mass is 9.83. The minimum Gasteiger partial charge on any atom is -0.289 e. The largest absolute Gasteiger partial charge is 0.289 e. The Labute approximate surface area is 211 Å². The third-order valence-corrected chi connectivity index (χ3v) is 7.37. The summed E-state index contributed by atoms with van der Waals surface area (Å²) in [6.45, 7) is 17.2. The van der Waals surface area contributed by atoms with E-state index in [-0.39, 0.29) is 11.6 Å². The first-order valence-electron chi connectivity index (χ1n) is 13.9. The van der Waals surface area contributed by atoms with Crippen LogP contribution in [0, 0.1) is 17.8 Å². The molecule has 1 rings (SSSR count). The highest BCUT2D eigenvalue weighted by molar-refractivity contribution is 6.25. The number of ketones is 2. The van der Waals surface area contributed by atoms with Crippen LogP contribution in [0.25, 0.3) is 0 Å². The van der Waals surface area contributed by atoms with Crippen molar-refractivity contribution in [2.24, 2.45) is 17.8 Å². The van der Waals surface area contributed by atoms with E-state index >= 15 is 0 Å². The van der Waals surface area contributed by atoms with Gasteiger partial charge in [-0.2, -0.15) is 0 Å². The van der Waals surface area contributed by atoms with Crippen LogP contribution >= 0.6 is 0 Å². The molecule has 34 heavy (non-hydrogen) atoms. The summed E-state index contributed by atoms with van der Waals surface area (Å²) in [6, 6.07) is 0. The predicted molar refractivity (Wildman–Crippen MR) is 148 cm³/mol. The number of carbonyl (C=O) groups is 2. The first-order valence-corrected chi connectivity index (χ1v) is 13.9. The van der Waals surface area contributed by atoms with Gasteiger partial charge >= 0.3 is 0 Å². The summed E-state index contributed by atoms with van der Waals surface area (Å²) in [7, 11) is 0. The smallest absolute Gasteiger partial charge is 0.190 e. The van der Waals surface area contributed by atoms with Gasteiger partial charge in [-0.1, -0.05) is 103 Å². The van der Waals surface area contributed by atoms with Crippen LogP contribution in [0.2, 0.25) is 0 Å². The highest BCUT2D eigenvalue weighted by atomic mass is 16.1. The lowest BCUT2D eigenvalue weighted by Gasteiger charge is -2.18. The van der Waals surface area contributed by atoms with Gasteiger partial charge < -0.3 is 0 Å². The third-order valence-electron chi connectivity index (χ3n) is 7.37. The maximum absolute atomic E-state index is 13.0. The average molecular weight is 469 g/mol. The average Bonchev–Trinajstić information content (AvgIpc) is 2.77. The molecule has 0 aromatic heterocycles. The van der Waals surface area contributed by atoms with E-state index in [2.05, 4.69) is 40.7 Å². The van der Waals surface area contributed by atoms with Crippen LogP contribution in [0.1, 0.15) is 126 Å². The molecule has 0 saturated heterocycles. The molecule has 0 N–H and O–H groups in total. The molecule has 0 amide bonds. The zero-order chi connectivity index (χ0) is 25.7. The monoisotopic (exact) mass is 468 g/mol. The fourth-order valence-corrected chi connectivity index (χ4v) is 4.81. The quantitative estimate of drug-likeness (QED) is 0.167. The van der Waals surface area contributed by atoms with Gasteiger partial charge in [-0.3, -0.25) is 9.59 Å². The Bertz CT molecular complexity index is 788. The van der Waals surface area contributed by atoms with Gasteiger partial charge in [0.05, 0.1) is 0 Å². The zero-order valence-corrected chi connectivity index (χ0v) is 23.6.